The Morgan fingerprint density at radius 1 is 1.14 bits per heavy atom. The molecule has 0 fully saturated rings. The lowest BCUT2D eigenvalue weighted by atomic mass is 10.1. The summed E-state index contributed by atoms with van der Waals surface area (Å²) in [5.41, 5.74) is -0.547. The minimum atomic E-state index is -2.74. The average Bonchev–Trinajstić information content (AvgIpc) is 2.51. The van der Waals surface area contributed by atoms with Crippen molar-refractivity contribution in [2.45, 2.75) is 0 Å². The van der Waals surface area contributed by atoms with Crippen LogP contribution in [-0.4, -0.2) is 22.4 Å². The van der Waals surface area contributed by atoms with Crippen LogP contribution in [0.2, 0.25) is 0 Å². The molecule has 0 aliphatic heterocycles. The standard InChI is InChI=1S/C16H12O6/c1-21-12-5-2-8(6-11(12)18)16-15(20)14(19)10-4-3-9(17)7-13(10)22-16/h2-7,17-18,20H,1H3/i1D3. The monoisotopic (exact) mass is 303 g/mol. The van der Waals surface area contributed by atoms with E-state index in [4.69, 9.17) is 8.53 Å². The number of phenolic OH excluding ortho intramolecular Hbond substituents is 2. The van der Waals surface area contributed by atoms with E-state index >= 15 is 0 Å². The number of phenols is 2. The molecule has 0 amide bonds. The van der Waals surface area contributed by atoms with E-state index in [9.17, 15) is 20.1 Å². The molecule has 0 aliphatic carbocycles. The van der Waals surface area contributed by atoms with Crippen LogP contribution < -0.4 is 10.2 Å². The van der Waals surface area contributed by atoms with Gasteiger partial charge in [0.25, 0.3) is 0 Å². The lowest BCUT2D eigenvalue weighted by Crippen LogP contribution is -2.02. The summed E-state index contributed by atoms with van der Waals surface area (Å²) in [6, 6.07) is 7.38. The van der Waals surface area contributed by atoms with Crippen LogP contribution in [-0.2, 0) is 0 Å². The van der Waals surface area contributed by atoms with Gasteiger partial charge >= 0.3 is 0 Å². The van der Waals surface area contributed by atoms with E-state index in [0.29, 0.717) is 0 Å². The van der Waals surface area contributed by atoms with Crippen molar-refractivity contribution in [3.63, 3.8) is 0 Å². The van der Waals surface area contributed by atoms with E-state index < -0.39 is 24.0 Å². The van der Waals surface area contributed by atoms with E-state index in [2.05, 4.69) is 4.74 Å². The second-order valence-corrected chi connectivity index (χ2v) is 4.57. The smallest absolute Gasteiger partial charge is 0.235 e. The summed E-state index contributed by atoms with van der Waals surface area (Å²) in [5, 5.41) is 29.6. The van der Waals surface area contributed by atoms with Crippen LogP contribution in [0.3, 0.4) is 0 Å². The van der Waals surface area contributed by atoms with E-state index in [-0.39, 0.29) is 33.8 Å². The highest BCUT2D eigenvalue weighted by atomic mass is 16.5. The maximum Gasteiger partial charge on any atom is 0.235 e. The van der Waals surface area contributed by atoms with Crippen molar-refractivity contribution in [1.29, 1.82) is 0 Å². The molecule has 6 heteroatoms. The van der Waals surface area contributed by atoms with Crippen LogP contribution >= 0.6 is 0 Å². The van der Waals surface area contributed by atoms with Gasteiger partial charge in [-0.05, 0) is 30.3 Å². The fourth-order valence-corrected chi connectivity index (χ4v) is 2.11. The third-order valence-electron chi connectivity index (χ3n) is 3.18. The molecule has 0 aliphatic rings. The Hall–Kier alpha value is -3.15. The molecule has 3 N–H and O–H groups in total. The predicted octanol–water partition coefficient (Wildman–Crippen LogP) is 2.59. The molecule has 0 atom stereocenters. The van der Waals surface area contributed by atoms with Crippen molar-refractivity contribution in [3.05, 3.63) is 46.6 Å². The Kier molecular flexibility index (Phi) is 2.40. The zero-order valence-electron chi connectivity index (χ0n) is 14.0. The van der Waals surface area contributed by atoms with E-state index in [1.54, 1.807) is 0 Å². The van der Waals surface area contributed by atoms with Crippen LogP contribution in [0.5, 0.6) is 23.0 Å². The summed E-state index contributed by atoms with van der Waals surface area (Å²) in [4.78, 5) is 12.2. The summed E-state index contributed by atoms with van der Waals surface area (Å²) in [6.07, 6.45) is 0. The van der Waals surface area contributed by atoms with Crippen molar-refractivity contribution < 1.29 is 28.6 Å². The zero-order chi connectivity index (χ0) is 18.4. The van der Waals surface area contributed by atoms with E-state index in [1.165, 1.54) is 30.3 Å². The third-order valence-corrected chi connectivity index (χ3v) is 3.18. The number of fused-ring (bicyclic) bond motifs is 1. The van der Waals surface area contributed by atoms with Gasteiger partial charge in [-0.1, -0.05) is 0 Å². The van der Waals surface area contributed by atoms with Crippen LogP contribution in [0.15, 0.2) is 45.6 Å². The summed E-state index contributed by atoms with van der Waals surface area (Å²) >= 11 is 0. The van der Waals surface area contributed by atoms with E-state index in [0.717, 1.165) is 6.07 Å². The van der Waals surface area contributed by atoms with Gasteiger partial charge in [-0.3, -0.25) is 4.79 Å². The first kappa shape index (κ1) is 10.6. The van der Waals surface area contributed by atoms with Gasteiger partial charge in [0.2, 0.25) is 11.2 Å². The highest BCUT2D eigenvalue weighted by molar-refractivity contribution is 5.83. The fourth-order valence-electron chi connectivity index (χ4n) is 2.11. The number of ether oxygens (including phenoxy) is 1. The lowest BCUT2D eigenvalue weighted by Gasteiger charge is -2.08. The van der Waals surface area contributed by atoms with Crippen LogP contribution in [0.4, 0.5) is 0 Å². The highest BCUT2D eigenvalue weighted by Crippen LogP contribution is 2.35. The molecule has 0 unspecified atom stereocenters. The maximum atomic E-state index is 12.2. The van der Waals surface area contributed by atoms with Crippen LogP contribution in [0.25, 0.3) is 22.3 Å². The summed E-state index contributed by atoms with van der Waals surface area (Å²) in [7, 11) is -2.74. The van der Waals surface area contributed by atoms with Gasteiger partial charge in [-0.2, -0.15) is 0 Å². The first-order valence-corrected chi connectivity index (χ1v) is 6.17. The molecule has 3 rings (SSSR count). The summed E-state index contributed by atoms with van der Waals surface area (Å²) in [6.45, 7) is 0. The molecular weight excluding hydrogens is 288 g/mol. The average molecular weight is 303 g/mol. The number of aromatic hydroxyl groups is 3. The first-order valence-electron chi connectivity index (χ1n) is 7.67. The van der Waals surface area contributed by atoms with Crippen molar-refractivity contribution in [2.75, 3.05) is 7.04 Å². The van der Waals surface area contributed by atoms with Gasteiger partial charge in [0.15, 0.2) is 17.3 Å². The van der Waals surface area contributed by atoms with Crippen LogP contribution in [0, 0.1) is 0 Å². The van der Waals surface area contributed by atoms with Gasteiger partial charge in [0, 0.05) is 11.6 Å². The molecule has 3 aromatic rings. The van der Waals surface area contributed by atoms with Crippen molar-refractivity contribution >= 4 is 11.0 Å². The van der Waals surface area contributed by atoms with Crippen LogP contribution in [0.1, 0.15) is 4.11 Å². The molecular formula is C16H12O6. The molecule has 0 radical (unpaired) electrons. The predicted molar refractivity (Wildman–Crippen MR) is 79.5 cm³/mol. The molecule has 0 spiro atoms. The van der Waals surface area contributed by atoms with Gasteiger partial charge in [0.05, 0.1) is 16.5 Å². The normalized spacial score (nSPS) is 13.4. The highest BCUT2D eigenvalue weighted by Gasteiger charge is 2.17. The zero-order valence-corrected chi connectivity index (χ0v) is 11.0. The number of hydrogen-bond donors (Lipinski definition) is 3. The fraction of sp³-hybridized carbons (Fsp3) is 0.0625. The third kappa shape index (κ3) is 2.10. The topological polar surface area (TPSA) is 100 Å². The molecule has 0 bridgehead atoms. The SMILES string of the molecule is [2H]C([2H])([2H])Oc1ccc(-c2oc3cc(O)ccc3c(=O)c2O)cc1O. The number of benzene rings is 2. The molecule has 2 aromatic carbocycles. The molecule has 6 nitrogen and oxygen atoms in total. The van der Waals surface area contributed by atoms with Gasteiger partial charge in [0.1, 0.15) is 11.3 Å². The van der Waals surface area contributed by atoms with Gasteiger partial charge < -0.3 is 24.5 Å². The van der Waals surface area contributed by atoms with Gasteiger partial charge in [-0.15, -0.1) is 0 Å². The Labute approximate surface area is 128 Å². The molecule has 1 aromatic heterocycles. The summed E-state index contributed by atoms with van der Waals surface area (Å²) < 4.78 is 31.2. The number of hydrogen-bond acceptors (Lipinski definition) is 6. The Morgan fingerprint density at radius 3 is 2.68 bits per heavy atom. The number of methoxy groups -OCH3 is 1. The molecule has 0 saturated carbocycles. The minimum absolute atomic E-state index is 0.0418. The van der Waals surface area contributed by atoms with Crippen molar-refractivity contribution in [3.8, 4) is 34.3 Å². The number of rotatable bonds is 2. The molecule has 0 saturated heterocycles. The Balaban J connectivity index is 2.15. The van der Waals surface area contributed by atoms with Gasteiger partial charge in [-0.25, -0.2) is 0 Å². The molecule has 112 valence electrons. The molecule has 1 heterocycles. The minimum Gasteiger partial charge on any atom is -0.508 e. The van der Waals surface area contributed by atoms with E-state index in [1.807, 2.05) is 0 Å². The quantitative estimate of drug-likeness (QED) is 0.673. The second-order valence-electron chi connectivity index (χ2n) is 4.57. The Bertz CT molecular complexity index is 1020. The van der Waals surface area contributed by atoms with Crippen molar-refractivity contribution in [2.24, 2.45) is 0 Å². The maximum absolute atomic E-state index is 12.2. The Morgan fingerprint density at radius 2 is 1.95 bits per heavy atom. The summed E-state index contributed by atoms with van der Waals surface area (Å²) in [5.74, 6) is -1.84. The molecule has 22 heavy (non-hydrogen) atoms. The first-order chi connectivity index (χ1) is 11.7. The van der Waals surface area contributed by atoms with Crippen molar-refractivity contribution in [1.82, 2.24) is 0 Å². The second kappa shape index (κ2) is 5.00. The largest absolute Gasteiger partial charge is 0.508 e. The lowest BCUT2D eigenvalue weighted by molar-refractivity contribution is 0.373.